The van der Waals surface area contributed by atoms with Crippen molar-refractivity contribution in [1.29, 1.82) is 0 Å². The highest BCUT2D eigenvalue weighted by molar-refractivity contribution is 5.41. The van der Waals surface area contributed by atoms with Crippen molar-refractivity contribution in [1.82, 2.24) is 5.32 Å². The molecule has 1 aliphatic heterocycles. The van der Waals surface area contributed by atoms with Crippen molar-refractivity contribution < 1.29 is 0 Å². The van der Waals surface area contributed by atoms with Crippen LogP contribution in [0.1, 0.15) is 40.5 Å². The molecule has 3 rings (SSSR count). The zero-order chi connectivity index (χ0) is 10.6. The molecule has 80 valence electrons. The van der Waals surface area contributed by atoms with Gasteiger partial charge in [-0.3, -0.25) is 0 Å². The number of nitrogens with one attached hydrogen (secondary N) is 1. The van der Waals surface area contributed by atoms with Crippen molar-refractivity contribution in [2.75, 3.05) is 6.54 Å². The fraction of sp³-hybridized carbons (Fsp3) is 0.692. The molecule has 0 aromatic heterocycles. The quantitative estimate of drug-likeness (QED) is 0.621. The van der Waals surface area contributed by atoms with E-state index in [1.54, 1.807) is 5.57 Å². The summed E-state index contributed by atoms with van der Waals surface area (Å²) in [4.78, 5) is 0. The summed E-state index contributed by atoms with van der Waals surface area (Å²) >= 11 is 0. The Morgan fingerprint density at radius 1 is 1.07 bits per heavy atom. The van der Waals surface area contributed by atoms with E-state index >= 15 is 0 Å². The molecule has 2 fully saturated rings. The fourth-order valence-corrected chi connectivity index (χ4v) is 2.01. The third-order valence-corrected chi connectivity index (χ3v) is 2.74. The van der Waals surface area contributed by atoms with Gasteiger partial charge in [-0.15, -0.1) is 0 Å². The summed E-state index contributed by atoms with van der Waals surface area (Å²) < 4.78 is 0. The van der Waals surface area contributed by atoms with Crippen LogP contribution in [0.2, 0.25) is 0 Å². The molecular formula is C13H23N. The molecule has 0 aromatic rings. The van der Waals surface area contributed by atoms with Gasteiger partial charge in [0.15, 0.2) is 0 Å². The maximum Gasteiger partial charge on any atom is 0.0332 e. The molecule has 1 nitrogen and oxygen atoms in total. The molecule has 3 aliphatic rings. The molecule has 1 heteroatoms. The largest absolute Gasteiger partial charge is 0.385 e. The third kappa shape index (κ3) is 2.20. The van der Waals surface area contributed by atoms with E-state index in [9.17, 15) is 0 Å². The molecule has 2 atom stereocenters. The standard InChI is InChI=1S/C9H11N.2C2H6/c1-2-10-9-5-8-4-7(8)3-6(1)9;2*1-2/h3,5,7-8,10H,1-2,4H2;2*1-2H3. The lowest BCUT2D eigenvalue weighted by Crippen LogP contribution is -2.05. The van der Waals surface area contributed by atoms with Crippen LogP contribution >= 0.6 is 0 Å². The SMILES string of the molecule is C1=C2CCNC2=CC2CC12.CC.CC. The minimum Gasteiger partial charge on any atom is -0.385 e. The highest BCUT2D eigenvalue weighted by Crippen LogP contribution is 2.47. The van der Waals surface area contributed by atoms with E-state index in [0.29, 0.717) is 0 Å². The van der Waals surface area contributed by atoms with Gasteiger partial charge in [-0.2, -0.15) is 0 Å². The van der Waals surface area contributed by atoms with Gasteiger partial charge in [-0.25, -0.2) is 0 Å². The number of allylic oxidation sites excluding steroid dienone is 3. The first-order chi connectivity index (χ1) is 6.93. The number of hydrogen-bond donors (Lipinski definition) is 1. The molecule has 1 saturated carbocycles. The fourth-order valence-electron chi connectivity index (χ4n) is 2.01. The average molecular weight is 193 g/mol. The summed E-state index contributed by atoms with van der Waals surface area (Å²) in [5.74, 6) is 1.84. The average Bonchev–Trinajstić information content (AvgIpc) is 2.87. The van der Waals surface area contributed by atoms with Gasteiger partial charge in [-0.05, 0) is 30.3 Å². The number of hydrogen-bond acceptors (Lipinski definition) is 1. The molecule has 0 aromatic carbocycles. The molecule has 0 spiro atoms. The van der Waals surface area contributed by atoms with Gasteiger partial charge in [0.1, 0.15) is 0 Å². The lowest BCUT2D eigenvalue weighted by atomic mass is 10.0. The van der Waals surface area contributed by atoms with Crippen molar-refractivity contribution >= 4 is 0 Å². The van der Waals surface area contributed by atoms with Gasteiger partial charge in [0.2, 0.25) is 0 Å². The van der Waals surface area contributed by atoms with Crippen LogP contribution in [-0.2, 0) is 0 Å². The summed E-state index contributed by atoms with van der Waals surface area (Å²) in [7, 11) is 0. The minimum absolute atomic E-state index is 0.907. The Morgan fingerprint density at radius 2 is 1.71 bits per heavy atom. The van der Waals surface area contributed by atoms with Crippen LogP contribution in [0.3, 0.4) is 0 Å². The van der Waals surface area contributed by atoms with E-state index < -0.39 is 0 Å². The molecule has 1 heterocycles. The van der Waals surface area contributed by atoms with E-state index in [-0.39, 0.29) is 0 Å². The van der Waals surface area contributed by atoms with Crippen molar-refractivity contribution in [2.24, 2.45) is 11.8 Å². The lowest BCUT2D eigenvalue weighted by Gasteiger charge is -2.05. The third-order valence-electron chi connectivity index (χ3n) is 2.74. The van der Waals surface area contributed by atoms with Crippen molar-refractivity contribution in [3.63, 3.8) is 0 Å². The smallest absolute Gasteiger partial charge is 0.0332 e. The topological polar surface area (TPSA) is 12.0 Å². The Morgan fingerprint density at radius 3 is 2.43 bits per heavy atom. The number of fused-ring (bicyclic) bond motifs is 2. The van der Waals surface area contributed by atoms with Crippen LogP contribution in [0, 0.1) is 11.8 Å². The van der Waals surface area contributed by atoms with Crippen LogP contribution in [0.5, 0.6) is 0 Å². The second kappa shape index (κ2) is 5.23. The first-order valence-electron chi connectivity index (χ1n) is 6.10. The first-order valence-corrected chi connectivity index (χ1v) is 6.10. The molecule has 0 bridgehead atoms. The van der Waals surface area contributed by atoms with Gasteiger partial charge >= 0.3 is 0 Å². The second-order valence-corrected chi connectivity index (χ2v) is 3.51. The van der Waals surface area contributed by atoms with Crippen molar-refractivity contribution in [3.8, 4) is 0 Å². The Bertz CT molecular complexity index is 214. The molecule has 1 N–H and O–H groups in total. The summed E-state index contributed by atoms with van der Waals surface area (Å²) in [6.45, 7) is 9.16. The monoisotopic (exact) mass is 193 g/mol. The van der Waals surface area contributed by atoms with Crippen LogP contribution in [0.25, 0.3) is 0 Å². The van der Waals surface area contributed by atoms with E-state index in [1.807, 2.05) is 27.7 Å². The van der Waals surface area contributed by atoms with Crippen molar-refractivity contribution in [2.45, 2.75) is 40.5 Å². The van der Waals surface area contributed by atoms with Crippen LogP contribution in [0.4, 0.5) is 0 Å². The molecule has 14 heavy (non-hydrogen) atoms. The van der Waals surface area contributed by atoms with E-state index in [2.05, 4.69) is 17.5 Å². The normalized spacial score (nSPS) is 30.0. The molecule has 1 saturated heterocycles. The summed E-state index contributed by atoms with van der Waals surface area (Å²) in [6.07, 6.45) is 7.57. The van der Waals surface area contributed by atoms with Gasteiger partial charge in [0.25, 0.3) is 0 Å². The minimum atomic E-state index is 0.907. The molecule has 2 unspecified atom stereocenters. The van der Waals surface area contributed by atoms with Crippen LogP contribution in [-0.4, -0.2) is 6.54 Å². The van der Waals surface area contributed by atoms with E-state index in [4.69, 9.17) is 0 Å². The predicted molar refractivity (Wildman–Crippen MR) is 63.1 cm³/mol. The molecule has 0 radical (unpaired) electrons. The van der Waals surface area contributed by atoms with Crippen molar-refractivity contribution in [3.05, 3.63) is 23.4 Å². The van der Waals surface area contributed by atoms with Gasteiger partial charge in [-0.1, -0.05) is 39.8 Å². The first kappa shape index (κ1) is 11.4. The summed E-state index contributed by atoms with van der Waals surface area (Å²) in [5.41, 5.74) is 3.03. The molecular weight excluding hydrogens is 170 g/mol. The van der Waals surface area contributed by atoms with E-state index in [1.165, 1.54) is 18.5 Å². The zero-order valence-electron chi connectivity index (χ0n) is 9.93. The van der Waals surface area contributed by atoms with Gasteiger partial charge < -0.3 is 5.32 Å². The zero-order valence-corrected chi connectivity index (χ0v) is 9.93. The Balaban J connectivity index is 0.000000222. The molecule has 2 aliphatic carbocycles. The Kier molecular flexibility index (Phi) is 4.24. The summed E-state index contributed by atoms with van der Waals surface area (Å²) in [5, 5.41) is 3.41. The molecule has 0 amide bonds. The van der Waals surface area contributed by atoms with Gasteiger partial charge in [0.05, 0.1) is 0 Å². The Hall–Kier alpha value is -0.720. The maximum atomic E-state index is 3.41. The van der Waals surface area contributed by atoms with Crippen LogP contribution < -0.4 is 5.32 Å². The predicted octanol–water partition coefficient (Wildman–Crippen LogP) is 3.49. The lowest BCUT2D eigenvalue weighted by molar-refractivity contribution is 0.896. The second-order valence-electron chi connectivity index (χ2n) is 3.51. The summed E-state index contributed by atoms with van der Waals surface area (Å²) in [6, 6.07) is 0. The Labute approximate surface area is 88.3 Å². The van der Waals surface area contributed by atoms with E-state index in [0.717, 1.165) is 18.4 Å². The van der Waals surface area contributed by atoms with Crippen LogP contribution in [0.15, 0.2) is 23.4 Å². The number of rotatable bonds is 0. The van der Waals surface area contributed by atoms with Gasteiger partial charge in [0, 0.05) is 12.2 Å². The maximum absolute atomic E-state index is 3.41. The highest BCUT2D eigenvalue weighted by Gasteiger charge is 2.38. The highest BCUT2D eigenvalue weighted by atomic mass is 14.9.